The molecule has 2 heterocycles. The minimum atomic E-state index is -4.77. The first-order valence-corrected chi connectivity index (χ1v) is 9.30. The molecule has 1 amide bonds. The Morgan fingerprint density at radius 1 is 1.20 bits per heavy atom. The van der Waals surface area contributed by atoms with Crippen molar-refractivity contribution in [3.63, 3.8) is 0 Å². The molecule has 8 nitrogen and oxygen atoms in total. The first kappa shape index (κ1) is 21.5. The monoisotopic (exact) mass is 424 g/mol. The highest BCUT2D eigenvalue weighted by molar-refractivity contribution is 5.93. The number of halogens is 3. The van der Waals surface area contributed by atoms with Crippen LogP contribution in [-0.2, 0) is 11.0 Å². The van der Waals surface area contributed by atoms with E-state index < -0.39 is 35.3 Å². The highest BCUT2D eigenvalue weighted by Gasteiger charge is 2.35. The highest BCUT2D eigenvalue weighted by atomic mass is 19.4. The van der Waals surface area contributed by atoms with Crippen molar-refractivity contribution in [1.29, 1.82) is 0 Å². The summed E-state index contributed by atoms with van der Waals surface area (Å²) in [6.07, 6.45) is 1.14. The van der Waals surface area contributed by atoms with Gasteiger partial charge < -0.3 is 10.4 Å². The average Bonchev–Trinajstić information content (AvgIpc) is 3.19. The number of nitrogens with zero attached hydrogens (tertiary/aromatic N) is 3. The third kappa shape index (κ3) is 5.02. The maximum absolute atomic E-state index is 13.1. The van der Waals surface area contributed by atoms with Crippen molar-refractivity contribution in [3.05, 3.63) is 52.3 Å². The van der Waals surface area contributed by atoms with E-state index in [9.17, 15) is 27.6 Å². The summed E-state index contributed by atoms with van der Waals surface area (Å²) in [5, 5.41) is 11.4. The number of amides is 1. The largest absolute Gasteiger partial charge is 0.478 e. The molecule has 2 aromatic rings. The summed E-state index contributed by atoms with van der Waals surface area (Å²) < 4.78 is 40.0. The van der Waals surface area contributed by atoms with Crippen LogP contribution in [0, 0.1) is 5.92 Å². The number of carbonyl (C=O) groups is 2. The van der Waals surface area contributed by atoms with Gasteiger partial charge >= 0.3 is 12.1 Å². The molecule has 0 spiro atoms. The minimum absolute atomic E-state index is 0.0274. The SMILES string of the molecule is O=C(O)c1ccc(NC(=O)C(CC2CCCC2)n2cc(C(F)(F)F)ncc2=O)nc1. The Labute approximate surface area is 168 Å². The van der Waals surface area contributed by atoms with E-state index in [2.05, 4.69) is 15.3 Å². The molecule has 0 saturated heterocycles. The normalized spacial score (nSPS) is 15.7. The van der Waals surface area contributed by atoms with Gasteiger partial charge in [-0.05, 0) is 24.5 Å². The van der Waals surface area contributed by atoms with Crippen LogP contribution in [0.5, 0.6) is 0 Å². The molecular formula is C19H19F3N4O4. The second-order valence-corrected chi connectivity index (χ2v) is 7.14. The van der Waals surface area contributed by atoms with Crippen LogP contribution in [0.3, 0.4) is 0 Å². The summed E-state index contributed by atoms with van der Waals surface area (Å²) in [5.41, 5.74) is -2.18. The second kappa shape index (κ2) is 8.64. The maximum Gasteiger partial charge on any atom is 0.434 e. The van der Waals surface area contributed by atoms with Crippen LogP contribution in [0.2, 0.25) is 0 Å². The number of pyridine rings is 1. The van der Waals surface area contributed by atoms with E-state index in [-0.39, 0.29) is 23.7 Å². The number of hydrogen-bond acceptors (Lipinski definition) is 5. The lowest BCUT2D eigenvalue weighted by Crippen LogP contribution is -2.35. The zero-order chi connectivity index (χ0) is 21.9. The second-order valence-electron chi connectivity index (χ2n) is 7.14. The molecule has 1 saturated carbocycles. The Kier molecular flexibility index (Phi) is 6.18. The first-order valence-electron chi connectivity index (χ1n) is 9.30. The van der Waals surface area contributed by atoms with E-state index in [0.717, 1.165) is 36.4 Å². The third-order valence-electron chi connectivity index (χ3n) is 5.05. The van der Waals surface area contributed by atoms with Gasteiger partial charge in [0.2, 0.25) is 5.91 Å². The van der Waals surface area contributed by atoms with Crippen LogP contribution in [0.1, 0.15) is 54.2 Å². The molecule has 1 unspecified atom stereocenters. The smallest absolute Gasteiger partial charge is 0.434 e. The van der Waals surface area contributed by atoms with E-state index in [4.69, 9.17) is 5.11 Å². The molecule has 1 atom stereocenters. The summed E-state index contributed by atoms with van der Waals surface area (Å²) >= 11 is 0. The van der Waals surface area contributed by atoms with Crippen LogP contribution in [0.25, 0.3) is 0 Å². The van der Waals surface area contributed by atoms with Crippen molar-refractivity contribution in [2.24, 2.45) is 5.92 Å². The summed E-state index contributed by atoms with van der Waals surface area (Å²) in [6.45, 7) is 0. The van der Waals surface area contributed by atoms with Gasteiger partial charge in [-0.15, -0.1) is 0 Å². The van der Waals surface area contributed by atoms with Crippen molar-refractivity contribution in [1.82, 2.24) is 14.5 Å². The predicted octanol–water partition coefficient (Wildman–Crippen LogP) is 3.12. The number of aromatic nitrogens is 3. The van der Waals surface area contributed by atoms with Crippen molar-refractivity contribution in [3.8, 4) is 0 Å². The Balaban J connectivity index is 1.91. The van der Waals surface area contributed by atoms with Gasteiger partial charge in [0.05, 0.1) is 11.8 Å². The number of carboxylic acids is 1. The van der Waals surface area contributed by atoms with Gasteiger partial charge in [0.15, 0.2) is 5.69 Å². The molecule has 3 rings (SSSR count). The molecule has 2 aromatic heterocycles. The molecule has 30 heavy (non-hydrogen) atoms. The molecular weight excluding hydrogens is 405 g/mol. The number of aromatic carboxylic acids is 1. The van der Waals surface area contributed by atoms with Gasteiger partial charge in [-0.2, -0.15) is 13.2 Å². The molecule has 11 heteroatoms. The number of anilines is 1. The van der Waals surface area contributed by atoms with Crippen LogP contribution in [-0.4, -0.2) is 31.5 Å². The van der Waals surface area contributed by atoms with Crippen molar-refractivity contribution < 1.29 is 27.9 Å². The Morgan fingerprint density at radius 3 is 2.47 bits per heavy atom. The highest BCUT2D eigenvalue weighted by Crippen LogP contribution is 2.33. The van der Waals surface area contributed by atoms with E-state index >= 15 is 0 Å². The molecule has 1 aliphatic carbocycles. The zero-order valence-corrected chi connectivity index (χ0v) is 15.7. The van der Waals surface area contributed by atoms with Gasteiger partial charge in [0, 0.05) is 12.4 Å². The molecule has 0 bridgehead atoms. The van der Waals surface area contributed by atoms with Crippen LogP contribution >= 0.6 is 0 Å². The number of rotatable bonds is 6. The molecule has 0 aliphatic heterocycles. The lowest BCUT2D eigenvalue weighted by Gasteiger charge is -2.23. The van der Waals surface area contributed by atoms with Crippen molar-refractivity contribution in [2.45, 2.75) is 44.3 Å². The molecule has 0 radical (unpaired) electrons. The molecule has 0 aromatic carbocycles. The number of hydrogen-bond donors (Lipinski definition) is 2. The van der Waals surface area contributed by atoms with Crippen LogP contribution in [0.4, 0.5) is 19.0 Å². The summed E-state index contributed by atoms with van der Waals surface area (Å²) in [6, 6.07) is 1.31. The van der Waals surface area contributed by atoms with Crippen LogP contribution < -0.4 is 10.9 Å². The van der Waals surface area contributed by atoms with Crippen molar-refractivity contribution in [2.75, 3.05) is 5.32 Å². The number of nitrogens with one attached hydrogen (secondary N) is 1. The van der Waals surface area contributed by atoms with E-state index in [1.54, 1.807) is 0 Å². The maximum atomic E-state index is 13.1. The summed E-state index contributed by atoms with van der Waals surface area (Å²) in [4.78, 5) is 43.0. The topological polar surface area (TPSA) is 114 Å². The van der Waals surface area contributed by atoms with Gasteiger partial charge in [0.25, 0.3) is 5.56 Å². The molecule has 160 valence electrons. The Hall–Kier alpha value is -3.24. The van der Waals surface area contributed by atoms with Gasteiger partial charge in [-0.25, -0.2) is 14.8 Å². The van der Waals surface area contributed by atoms with Crippen LogP contribution in [0.15, 0.2) is 35.5 Å². The fourth-order valence-corrected chi connectivity index (χ4v) is 3.52. The van der Waals surface area contributed by atoms with Gasteiger partial charge in [-0.3, -0.25) is 14.2 Å². The standard InChI is InChI=1S/C19H19F3N4O4/c20-19(21,22)14-10-26(16(27)9-23-14)13(7-11-3-1-2-4-11)17(28)25-15-6-5-12(8-24-15)18(29)30/h5-6,8-11,13H,1-4,7H2,(H,29,30)(H,24,25,28). The van der Waals surface area contributed by atoms with Gasteiger partial charge in [-0.1, -0.05) is 25.7 Å². The van der Waals surface area contributed by atoms with E-state index in [0.29, 0.717) is 12.4 Å². The molecule has 2 N–H and O–H groups in total. The fraction of sp³-hybridized carbons (Fsp3) is 0.421. The fourth-order valence-electron chi connectivity index (χ4n) is 3.52. The molecule has 1 fully saturated rings. The van der Waals surface area contributed by atoms with Gasteiger partial charge in [0.1, 0.15) is 11.9 Å². The molecule has 1 aliphatic rings. The average molecular weight is 424 g/mol. The third-order valence-corrected chi connectivity index (χ3v) is 5.05. The zero-order valence-electron chi connectivity index (χ0n) is 15.7. The Morgan fingerprint density at radius 2 is 1.90 bits per heavy atom. The first-order chi connectivity index (χ1) is 14.1. The van der Waals surface area contributed by atoms with Crippen molar-refractivity contribution >= 4 is 17.7 Å². The lowest BCUT2D eigenvalue weighted by atomic mass is 9.97. The Bertz CT molecular complexity index is 983. The quantitative estimate of drug-likeness (QED) is 0.737. The minimum Gasteiger partial charge on any atom is -0.478 e. The number of carbonyl (C=O) groups excluding carboxylic acids is 1. The predicted molar refractivity (Wildman–Crippen MR) is 98.9 cm³/mol. The number of alkyl halides is 3. The number of carboxylic acid groups (broad SMARTS) is 1. The summed E-state index contributed by atoms with van der Waals surface area (Å²) in [7, 11) is 0. The van der Waals surface area contributed by atoms with E-state index in [1.165, 1.54) is 12.1 Å². The summed E-state index contributed by atoms with van der Waals surface area (Å²) in [5.74, 6) is -1.78. The lowest BCUT2D eigenvalue weighted by molar-refractivity contribution is -0.142. The van der Waals surface area contributed by atoms with E-state index in [1.807, 2.05) is 0 Å².